The van der Waals surface area contributed by atoms with Crippen molar-refractivity contribution in [1.82, 2.24) is 14.8 Å². The summed E-state index contributed by atoms with van der Waals surface area (Å²) in [4.78, 5) is 20.6. The summed E-state index contributed by atoms with van der Waals surface area (Å²) in [5.41, 5.74) is 6.08. The molecule has 1 aromatic heterocycles. The minimum absolute atomic E-state index is 0.0564. The van der Waals surface area contributed by atoms with E-state index in [1.54, 1.807) is 0 Å². The van der Waals surface area contributed by atoms with Gasteiger partial charge in [0, 0.05) is 24.3 Å². The molecule has 0 saturated carbocycles. The molecule has 0 aliphatic heterocycles. The zero-order valence-electron chi connectivity index (χ0n) is 20.5. The number of aromatic amines is 1. The fraction of sp³-hybridized carbons (Fsp3) is 0.407. The van der Waals surface area contributed by atoms with Gasteiger partial charge < -0.3 is 20.1 Å². The van der Waals surface area contributed by atoms with Crippen LogP contribution in [0.15, 0.2) is 47.3 Å². The van der Waals surface area contributed by atoms with Crippen molar-refractivity contribution >= 4 is 33.9 Å². The molecule has 3 rings (SSSR count). The Morgan fingerprint density at radius 3 is 2.42 bits per heavy atom. The highest BCUT2D eigenvalue weighted by Crippen LogP contribution is 2.20. The van der Waals surface area contributed by atoms with Crippen LogP contribution in [0.5, 0.6) is 0 Å². The SMILES string of the molecule is CCc1ccccc1NC(=S)N(CCN(CC)CC)Cc1cc2cc(C)cc(C)c2[nH]c1=O. The average Bonchev–Trinajstić information content (AvgIpc) is 2.80. The first-order chi connectivity index (χ1) is 15.9. The molecule has 0 spiro atoms. The molecule has 0 aliphatic carbocycles. The third kappa shape index (κ3) is 6.21. The molecule has 2 N–H and O–H groups in total. The number of pyridine rings is 1. The van der Waals surface area contributed by atoms with Crippen molar-refractivity contribution in [2.45, 2.75) is 47.6 Å². The van der Waals surface area contributed by atoms with Crippen LogP contribution < -0.4 is 10.9 Å². The van der Waals surface area contributed by atoms with Gasteiger partial charge in [-0.2, -0.15) is 0 Å². The van der Waals surface area contributed by atoms with Crippen LogP contribution >= 0.6 is 12.2 Å². The maximum atomic E-state index is 13.0. The Morgan fingerprint density at radius 2 is 1.73 bits per heavy atom. The van der Waals surface area contributed by atoms with E-state index in [-0.39, 0.29) is 5.56 Å². The predicted octanol–water partition coefficient (Wildman–Crippen LogP) is 5.25. The smallest absolute Gasteiger partial charge is 0.253 e. The molecule has 0 aliphatic rings. The van der Waals surface area contributed by atoms with Crippen LogP contribution in [0.25, 0.3) is 10.9 Å². The maximum absolute atomic E-state index is 13.0. The quantitative estimate of drug-likeness (QED) is 0.424. The van der Waals surface area contributed by atoms with E-state index >= 15 is 0 Å². The second-order valence-electron chi connectivity index (χ2n) is 8.56. The first-order valence-corrected chi connectivity index (χ1v) is 12.3. The number of rotatable bonds is 9. The van der Waals surface area contributed by atoms with Crippen molar-refractivity contribution in [1.29, 1.82) is 0 Å². The molecule has 0 fully saturated rings. The summed E-state index contributed by atoms with van der Waals surface area (Å²) in [5.74, 6) is 0. The number of likely N-dealkylation sites (N-methyl/N-ethyl adjacent to an activating group) is 1. The van der Waals surface area contributed by atoms with E-state index in [1.807, 2.05) is 25.1 Å². The summed E-state index contributed by atoms with van der Waals surface area (Å²) in [6.45, 7) is 14.6. The van der Waals surface area contributed by atoms with Crippen molar-refractivity contribution in [3.05, 3.63) is 75.1 Å². The lowest BCUT2D eigenvalue weighted by molar-refractivity contribution is 0.266. The molecule has 176 valence electrons. The van der Waals surface area contributed by atoms with Crippen molar-refractivity contribution in [3.8, 4) is 0 Å². The Kier molecular flexibility index (Phi) is 8.64. The molecule has 0 bridgehead atoms. The zero-order chi connectivity index (χ0) is 24.0. The van der Waals surface area contributed by atoms with Crippen LogP contribution in [0.4, 0.5) is 5.69 Å². The Labute approximate surface area is 202 Å². The number of fused-ring (bicyclic) bond motifs is 1. The molecule has 0 amide bonds. The van der Waals surface area contributed by atoms with Gasteiger partial charge in [0.1, 0.15) is 0 Å². The lowest BCUT2D eigenvalue weighted by Crippen LogP contribution is -2.41. The molecule has 2 aromatic carbocycles. The molecule has 0 radical (unpaired) electrons. The molecule has 0 atom stereocenters. The van der Waals surface area contributed by atoms with Gasteiger partial charge in [-0.1, -0.05) is 50.6 Å². The largest absolute Gasteiger partial charge is 0.343 e. The molecule has 5 nitrogen and oxygen atoms in total. The first-order valence-electron chi connectivity index (χ1n) is 11.9. The summed E-state index contributed by atoms with van der Waals surface area (Å²) in [5, 5.41) is 5.14. The summed E-state index contributed by atoms with van der Waals surface area (Å²) in [6.07, 6.45) is 0.925. The monoisotopic (exact) mass is 464 g/mol. The average molecular weight is 465 g/mol. The van der Waals surface area contributed by atoms with Gasteiger partial charge in [-0.05, 0) is 80.3 Å². The van der Waals surface area contributed by atoms with Crippen LogP contribution in [0.1, 0.15) is 43.0 Å². The number of hydrogen-bond donors (Lipinski definition) is 2. The van der Waals surface area contributed by atoms with Gasteiger partial charge in [0.15, 0.2) is 5.11 Å². The fourth-order valence-corrected chi connectivity index (χ4v) is 4.52. The molecule has 3 aromatic rings. The van der Waals surface area contributed by atoms with E-state index in [4.69, 9.17) is 12.2 Å². The van der Waals surface area contributed by atoms with E-state index in [0.717, 1.165) is 60.3 Å². The molecule has 0 unspecified atom stereocenters. The standard InChI is InChI=1S/C27H36N4OS/c1-6-21-11-9-10-12-24(21)28-27(33)31(14-13-30(7-2)8-3)18-23-17-22-16-19(4)15-20(5)25(22)29-26(23)32/h9-12,15-17H,6-8,13-14,18H2,1-5H3,(H,28,33)(H,29,32). The minimum Gasteiger partial charge on any atom is -0.343 e. The number of nitrogens with zero attached hydrogens (tertiary/aromatic N) is 2. The maximum Gasteiger partial charge on any atom is 0.253 e. The second-order valence-corrected chi connectivity index (χ2v) is 8.95. The molecular formula is C27H36N4OS. The summed E-state index contributed by atoms with van der Waals surface area (Å²) in [7, 11) is 0. The van der Waals surface area contributed by atoms with E-state index in [9.17, 15) is 4.79 Å². The number of nitrogens with one attached hydrogen (secondary N) is 2. The van der Waals surface area contributed by atoms with Gasteiger partial charge in [0.2, 0.25) is 0 Å². The van der Waals surface area contributed by atoms with Crippen molar-refractivity contribution in [3.63, 3.8) is 0 Å². The molecule has 33 heavy (non-hydrogen) atoms. The summed E-state index contributed by atoms with van der Waals surface area (Å²) < 4.78 is 0. The fourth-order valence-electron chi connectivity index (χ4n) is 4.25. The Balaban J connectivity index is 1.91. The number of benzene rings is 2. The van der Waals surface area contributed by atoms with Crippen LogP contribution in [-0.2, 0) is 13.0 Å². The highest BCUT2D eigenvalue weighted by molar-refractivity contribution is 7.80. The third-order valence-corrected chi connectivity index (χ3v) is 6.60. The van der Waals surface area contributed by atoms with Crippen LogP contribution in [0.3, 0.4) is 0 Å². The highest BCUT2D eigenvalue weighted by atomic mass is 32.1. The normalized spacial score (nSPS) is 11.2. The van der Waals surface area contributed by atoms with Crippen LogP contribution in [0, 0.1) is 13.8 Å². The number of para-hydroxylation sites is 1. The topological polar surface area (TPSA) is 51.4 Å². The first kappa shape index (κ1) is 24.9. The molecular weight excluding hydrogens is 428 g/mol. The van der Waals surface area contributed by atoms with Gasteiger partial charge in [-0.25, -0.2) is 0 Å². The molecule has 0 saturated heterocycles. The van der Waals surface area contributed by atoms with Gasteiger partial charge in [-0.15, -0.1) is 0 Å². The van der Waals surface area contributed by atoms with Gasteiger partial charge in [-0.3, -0.25) is 4.79 Å². The Morgan fingerprint density at radius 1 is 1.00 bits per heavy atom. The van der Waals surface area contributed by atoms with Crippen molar-refractivity contribution in [2.24, 2.45) is 0 Å². The Hall–Kier alpha value is -2.70. The number of hydrogen-bond acceptors (Lipinski definition) is 3. The zero-order valence-corrected chi connectivity index (χ0v) is 21.3. The number of aryl methyl sites for hydroxylation is 3. The van der Waals surface area contributed by atoms with E-state index in [1.165, 1.54) is 11.1 Å². The summed E-state index contributed by atoms with van der Waals surface area (Å²) >= 11 is 5.85. The number of aromatic nitrogens is 1. The van der Waals surface area contributed by atoms with E-state index in [0.29, 0.717) is 11.7 Å². The number of thiocarbonyl (C=S) groups is 1. The lowest BCUT2D eigenvalue weighted by atomic mass is 10.1. The van der Waals surface area contributed by atoms with Gasteiger partial charge in [0.05, 0.1) is 12.1 Å². The molecule has 1 heterocycles. The van der Waals surface area contributed by atoms with Gasteiger partial charge >= 0.3 is 0 Å². The molecule has 6 heteroatoms. The number of anilines is 1. The van der Waals surface area contributed by atoms with E-state index < -0.39 is 0 Å². The number of H-pyrrole nitrogens is 1. The van der Waals surface area contributed by atoms with E-state index in [2.05, 4.69) is 72.1 Å². The minimum atomic E-state index is -0.0564. The van der Waals surface area contributed by atoms with Crippen molar-refractivity contribution < 1.29 is 0 Å². The second kappa shape index (κ2) is 11.4. The van der Waals surface area contributed by atoms with Gasteiger partial charge in [0.25, 0.3) is 5.56 Å². The summed E-state index contributed by atoms with van der Waals surface area (Å²) in [6, 6.07) is 14.5. The van der Waals surface area contributed by atoms with Crippen LogP contribution in [-0.4, -0.2) is 46.1 Å². The Bertz CT molecular complexity index is 1170. The lowest BCUT2D eigenvalue weighted by Gasteiger charge is -2.29. The highest BCUT2D eigenvalue weighted by Gasteiger charge is 2.16. The third-order valence-electron chi connectivity index (χ3n) is 6.24. The van der Waals surface area contributed by atoms with Crippen molar-refractivity contribution in [2.75, 3.05) is 31.5 Å². The predicted molar refractivity (Wildman–Crippen MR) is 144 cm³/mol. The van der Waals surface area contributed by atoms with Crippen LogP contribution in [0.2, 0.25) is 0 Å².